The molecule has 0 radical (unpaired) electrons. The van der Waals surface area contributed by atoms with E-state index in [-0.39, 0.29) is 11.5 Å². The van der Waals surface area contributed by atoms with Crippen molar-refractivity contribution in [1.82, 2.24) is 9.88 Å². The van der Waals surface area contributed by atoms with E-state index in [9.17, 15) is 4.79 Å². The van der Waals surface area contributed by atoms with Crippen LogP contribution in [0.3, 0.4) is 0 Å². The lowest BCUT2D eigenvalue weighted by Gasteiger charge is -2.29. The van der Waals surface area contributed by atoms with Gasteiger partial charge in [-0.1, -0.05) is 30.3 Å². The molecule has 0 unspecified atom stereocenters. The Kier molecular flexibility index (Phi) is 6.63. The summed E-state index contributed by atoms with van der Waals surface area (Å²) in [6.07, 6.45) is 4.96. The van der Waals surface area contributed by atoms with Crippen molar-refractivity contribution in [1.29, 1.82) is 0 Å². The third-order valence-electron chi connectivity index (χ3n) is 5.03. The Morgan fingerprint density at radius 3 is 2.50 bits per heavy atom. The molecule has 5 rings (SSSR count). The lowest BCUT2D eigenvalue weighted by Crippen LogP contribution is -2.31. The second kappa shape index (κ2) is 9.77. The molecule has 1 aliphatic rings. The summed E-state index contributed by atoms with van der Waals surface area (Å²) in [6, 6.07) is 17.2. The highest BCUT2D eigenvalue weighted by Crippen LogP contribution is 2.32. The highest BCUT2D eigenvalue weighted by Gasteiger charge is 2.22. The Morgan fingerprint density at radius 2 is 1.78 bits per heavy atom. The lowest BCUT2D eigenvalue weighted by atomic mass is 10.0. The first-order valence-corrected chi connectivity index (χ1v) is 10.6. The van der Waals surface area contributed by atoms with Crippen molar-refractivity contribution in [2.24, 2.45) is 0 Å². The number of aliphatic hydroxyl groups excluding tert-OH is 1. The first-order valence-electron chi connectivity index (χ1n) is 10.6. The molecule has 0 fully saturated rings. The smallest absolute Gasteiger partial charge is 0.200 e. The number of pyridine rings is 1. The van der Waals surface area contributed by atoms with Crippen LogP contribution in [0.1, 0.15) is 25.0 Å². The number of fused-ring (bicyclic) bond motifs is 3. The second-order valence-electron chi connectivity index (χ2n) is 7.97. The Morgan fingerprint density at radius 1 is 1.06 bits per heavy atom. The summed E-state index contributed by atoms with van der Waals surface area (Å²) in [4.78, 5) is 19.3. The van der Waals surface area contributed by atoms with Crippen molar-refractivity contribution < 1.29 is 14.3 Å². The van der Waals surface area contributed by atoms with Crippen LogP contribution in [0.25, 0.3) is 22.1 Å². The van der Waals surface area contributed by atoms with Crippen molar-refractivity contribution in [2.45, 2.75) is 33.0 Å². The maximum Gasteiger partial charge on any atom is 0.200 e. The van der Waals surface area contributed by atoms with Crippen LogP contribution in [0.15, 0.2) is 82.5 Å². The van der Waals surface area contributed by atoms with Crippen molar-refractivity contribution in [3.05, 3.63) is 94.6 Å². The SMILES string of the molecule is CC(C)O.O=c1c(-c2ccccc2)coc2c3c(ccc12)OCN(Cc1ccncc1)C3. The predicted octanol–water partition coefficient (Wildman–Crippen LogP) is 4.59. The summed E-state index contributed by atoms with van der Waals surface area (Å²) < 4.78 is 11.9. The van der Waals surface area contributed by atoms with Gasteiger partial charge in [-0.3, -0.25) is 14.7 Å². The van der Waals surface area contributed by atoms with Crippen molar-refractivity contribution >= 4 is 11.0 Å². The molecule has 3 heterocycles. The first-order chi connectivity index (χ1) is 15.5. The van der Waals surface area contributed by atoms with E-state index in [0.717, 1.165) is 29.0 Å². The van der Waals surface area contributed by atoms with Crippen molar-refractivity contribution in [2.75, 3.05) is 6.73 Å². The van der Waals surface area contributed by atoms with E-state index >= 15 is 0 Å². The van der Waals surface area contributed by atoms with Gasteiger partial charge in [-0.15, -0.1) is 0 Å². The maximum absolute atomic E-state index is 13.1. The molecule has 0 saturated heterocycles. The van der Waals surface area contributed by atoms with Crippen LogP contribution in [-0.2, 0) is 13.1 Å². The van der Waals surface area contributed by atoms with Gasteiger partial charge in [0.05, 0.1) is 16.5 Å². The van der Waals surface area contributed by atoms with Crippen LogP contribution in [0.4, 0.5) is 0 Å². The van der Waals surface area contributed by atoms with E-state index in [1.165, 1.54) is 0 Å². The number of benzene rings is 2. The zero-order valence-corrected chi connectivity index (χ0v) is 18.2. The number of rotatable bonds is 3. The van der Waals surface area contributed by atoms with Gasteiger partial charge in [0.1, 0.15) is 24.3 Å². The average Bonchev–Trinajstić information content (AvgIpc) is 2.80. The van der Waals surface area contributed by atoms with Gasteiger partial charge in [0.2, 0.25) is 5.43 Å². The molecule has 1 N–H and O–H groups in total. The molecule has 4 aromatic rings. The molecule has 0 aliphatic carbocycles. The highest BCUT2D eigenvalue weighted by atomic mass is 16.5. The van der Waals surface area contributed by atoms with Gasteiger partial charge < -0.3 is 14.3 Å². The fourth-order valence-electron chi connectivity index (χ4n) is 3.62. The van der Waals surface area contributed by atoms with Gasteiger partial charge >= 0.3 is 0 Å². The molecule has 0 spiro atoms. The Bertz CT molecular complexity index is 1230. The number of hydrogen-bond acceptors (Lipinski definition) is 6. The summed E-state index contributed by atoms with van der Waals surface area (Å²) in [5.41, 5.74) is 4.07. The number of nitrogens with zero attached hydrogens (tertiary/aromatic N) is 2. The topological polar surface area (TPSA) is 75.8 Å². The second-order valence-corrected chi connectivity index (χ2v) is 7.97. The van der Waals surface area contributed by atoms with E-state index in [0.29, 0.717) is 29.8 Å². The molecule has 6 heteroatoms. The minimum atomic E-state index is -0.167. The normalized spacial score (nSPS) is 13.2. The Labute approximate surface area is 186 Å². The van der Waals surface area contributed by atoms with Gasteiger partial charge in [0, 0.05) is 31.6 Å². The number of ether oxygens (including phenoxy) is 1. The molecule has 0 atom stereocenters. The zero-order valence-electron chi connectivity index (χ0n) is 18.2. The number of aliphatic hydroxyl groups is 1. The van der Waals surface area contributed by atoms with Gasteiger partial charge in [-0.2, -0.15) is 0 Å². The van der Waals surface area contributed by atoms with E-state index < -0.39 is 0 Å². The van der Waals surface area contributed by atoms with E-state index in [4.69, 9.17) is 14.3 Å². The molecule has 2 aromatic heterocycles. The van der Waals surface area contributed by atoms with Gasteiger partial charge in [0.25, 0.3) is 0 Å². The molecule has 1 aliphatic heterocycles. The van der Waals surface area contributed by atoms with Gasteiger partial charge in [-0.05, 0) is 49.2 Å². The molecular weight excluding hydrogens is 404 g/mol. The average molecular weight is 431 g/mol. The molecule has 32 heavy (non-hydrogen) atoms. The molecule has 0 bridgehead atoms. The minimum Gasteiger partial charge on any atom is -0.478 e. The van der Waals surface area contributed by atoms with Crippen LogP contribution in [0, 0.1) is 0 Å². The third-order valence-corrected chi connectivity index (χ3v) is 5.03. The molecule has 2 aromatic carbocycles. The van der Waals surface area contributed by atoms with E-state index in [1.54, 1.807) is 38.6 Å². The quantitative estimate of drug-likeness (QED) is 0.512. The predicted molar refractivity (Wildman–Crippen MR) is 124 cm³/mol. The fraction of sp³-hybridized carbons (Fsp3) is 0.231. The van der Waals surface area contributed by atoms with Crippen LogP contribution in [0.5, 0.6) is 5.75 Å². The summed E-state index contributed by atoms with van der Waals surface area (Å²) in [5, 5.41) is 8.63. The molecule has 0 saturated carbocycles. The van der Waals surface area contributed by atoms with E-state index in [2.05, 4.69) is 9.88 Å². The number of aromatic nitrogens is 1. The monoisotopic (exact) mass is 430 g/mol. The van der Waals surface area contributed by atoms with Crippen LogP contribution in [-0.4, -0.2) is 27.8 Å². The van der Waals surface area contributed by atoms with Crippen molar-refractivity contribution in [3.63, 3.8) is 0 Å². The summed E-state index contributed by atoms with van der Waals surface area (Å²) in [6.45, 7) is 5.33. The number of hydrogen-bond donors (Lipinski definition) is 1. The summed E-state index contributed by atoms with van der Waals surface area (Å²) in [7, 11) is 0. The standard InChI is InChI=1S/C23H18N2O3.C3H8O/c26-22-18-6-7-21-19(13-25(15-28-21)12-16-8-10-24-11-9-16)23(18)27-14-20(22)17-4-2-1-3-5-17;1-3(2)4/h1-11,14H,12-13,15H2;3-4H,1-2H3. The molecule has 164 valence electrons. The zero-order chi connectivity index (χ0) is 22.5. The van der Waals surface area contributed by atoms with Crippen LogP contribution < -0.4 is 10.2 Å². The van der Waals surface area contributed by atoms with Crippen molar-refractivity contribution in [3.8, 4) is 16.9 Å². The largest absolute Gasteiger partial charge is 0.478 e. The first kappa shape index (κ1) is 21.7. The van der Waals surface area contributed by atoms with E-state index in [1.807, 2.05) is 48.5 Å². The minimum absolute atomic E-state index is 0.0264. The highest BCUT2D eigenvalue weighted by molar-refractivity contribution is 5.85. The molecule has 0 amide bonds. The maximum atomic E-state index is 13.1. The third kappa shape index (κ3) is 4.88. The lowest BCUT2D eigenvalue weighted by molar-refractivity contribution is 0.0890. The van der Waals surface area contributed by atoms with Gasteiger partial charge in [0.15, 0.2) is 0 Å². The van der Waals surface area contributed by atoms with Crippen LogP contribution in [0.2, 0.25) is 0 Å². The molecule has 6 nitrogen and oxygen atoms in total. The molecular formula is C26H26N2O4. The van der Waals surface area contributed by atoms with Gasteiger partial charge in [-0.25, -0.2) is 0 Å². The van der Waals surface area contributed by atoms with Crippen LogP contribution >= 0.6 is 0 Å². The Hall–Kier alpha value is -3.48. The summed E-state index contributed by atoms with van der Waals surface area (Å²) >= 11 is 0. The summed E-state index contributed by atoms with van der Waals surface area (Å²) in [5.74, 6) is 0.772. The fourth-order valence-corrected chi connectivity index (χ4v) is 3.62. The Balaban J connectivity index is 0.000000567.